The Bertz CT molecular complexity index is 981. The summed E-state index contributed by atoms with van der Waals surface area (Å²) in [7, 11) is 0. The minimum absolute atomic E-state index is 0.0113. The van der Waals surface area contributed by atoms with Gasteiger partial charge in [-0.2, -0.15) is 5.10 Å². The number of aromatic nitrogens is 3. The van der Waals surface area contributed by atoms with Crippen molar-refractivity contribution >= 4 is 16.6 Å². The quantitative estimate of drug-likeness (QED) is 0.737. The molecule has 1 aliphatic heterocycles. The molecule has 1 aliphatic carbocycles. The first-order valence-electron chi connectivity index (χ1n) is 8.95. The normalized spacial score (nSPS) is 17.7. The number of rotatable bonds is 4. The summed E-state index contributed by atoms with van der Waals surface area (Å²) >= 11 is 0. The summed E-state index contributed by atoms with van der Waals surface area (Å²) in [4.78, 5) is 18.9. The smallest absolute Gasteiger partial charge is 0.266 e. The lowest BCUT2D eigenvalue weighted by Crippen LogP contribution is -2.49. The Balaban J connectivity index is 1.32. The SMILES string of the molecule is O=c1ccc(C2CC2)nn1CC1CN(c2ccnc3ccccc23)C1. The summed E-state index contributed by atoms with van der Waals surface area (Å²) in [5.74, 6) is 1.04. The molecule has 0 N–H and O–H groups in total. The topological polar surface area (TPSA) is 51.0 Å². The highest BCUT2D eigenvalue weighted by molar-refractivity contribution is 5.91. The van der Waals surface area contributed by atoms with E-state index >= 15 is 0 Å². The van der Waals surface area contributed by atoms with Crippen LogP contribution < -0.4 is 10.5 Å². The second kappa shape index (κ2) is 5.69. The number of pyridine rings is 1. The molecule has 0 spiro atoms. The average molecular weight is 332 g/mol. The van der Waals surface area contributed by atoms with E-state index in [0.717, 1.165) is 24.3 Å². The van der Waals surface area contributed by atoms with Gasteiger partial charge in [0.05, 0.1) is 17.8 Å². The summed E-state index contributed by atoms with van der Waals surface area (Å²) in [6.07, 6.45) is 4.28. The lowest BCUT2D eigenvalue weighted by atomic mass is 9.98. The zero-order chi connectivity index (χ0) is 16.8. The van der Waals surface area contributed by atoms with Crippen LogP contribution in [-0.4, -0.2) is 27.9 Å². The molecule has 0 atom stereocenters. The van der Waals surface area contributed by atoms with Crippen LogP contribution in [-0.2, 0) is 6.54 Å². The molecular formula is C20H20N4O. The second-order valence-electron chi connectivity index (χ2n) is 7.17. The van der Waals surface area contributed by atoms with Gasteiger partial charge < -0.3 is 4.90 Å². The molecule has 1 saturated carbocycles. The second-order valence-corrected chi connectivity index (χ2v) is 7.17. The van der Waals surface area contributed by atoms with Crippen LogP contribution in [0, 0.1) is 5.92 Å². The van der Waals surface area contributed by atoms with Gasteiger partial charge >= 0.3 is 0 Å². The number of anilines is 1. The van der Waals surface area contributed by atoms with Crippen molar-refractivity contribution in [3.05, 3.63) is 64.7 Å². The lowest BCUT2D eigenvalue weighted by molar-refractivity contribution is 0.333. The molecule has 2 aromatic heterocycles. The van der Waals surface area contributed by atoms with Crippen LogP contribution in [0.3, 0.4) is 0 Å². The number of hydrogen-bond acceptors (Lipinski definition) is 4. The molecule has 0 unspecified atom stereocenters. The zero-order valence-corrected chi connectivity index (χ0v) is 14.0. The molecule has 0 radical (unpaired) electrons. The van der Waals surface area contributed by atoms with Gasteiger partial charge in [0, 0.05) is 48.3 Å². The Hall–Kier alpha value is -2.69. The van der Waals surface area contributed by atoms with Crippen LogP contribution in [0.2, 0.25) is 0 Å². The maximum absolute atomic E-state index is 12.1. The molecule has 25 heavy (non-hydrogen) atoms. The summed E-state index contributed by atoms with van der Waals surface area (Å²) in [5.41, 5.74) is 3.35. The number of benzene rings is 1. The standard InChI is InChI=1S/C20H20N4O/c25-20-8-7-17(15-5-6-15)22-24(20)13-14-11-23(12-14)19-9-10-21-18-4-2-1-3-16(18)19/h1-4,7-10,14-15H,5-6,11-13H2. The maximum atomic E-state index is 12.1. The van der Waals surface area contributed by atoms with E-state index in [1.807, 2.05) is 24.4 Å². The van der Waals surface area contributed by atoms with E-state index in [-0.39, 0.29) is 5.56 Å². The molecule has 5 nitrogen and oxygen atoms in total. The van der Waals surface area contributed by atoms with Gasteiger partial charge in [-0.05, 0) is 31.0 Å². The van der Waals surface area contributed by atoms with Crippen molar-refractivity contribution < 1.29 is 0 Å². The minimum Gasteiger partial charge on any atom is -0.370 e. The highest BCUT2D eigenvalue weighted by Crippen LogP contribution is 2.38. The van der Waals surface area contributed by atoms with E-state index in [9.17, 15) is 4.79 Å². The maximum Gasteiger partial charge on any atom is 0.266 e. The van der Waals surface area contributed by atoms with Crippen LogP contribution in [0.4, 0.5) is 5.69 Å². The Kier molecular flexibility index (Phi) is 3.33. The van der Waals surface area contributed by atoms with Gasteiger partial charge in [0.1, 0.15) is 0 Å². The molecule has 1 saturated heterocycles. The van der Waals surface area contributed by atoms with Crippen molar-refractivity contribution in [2.75, 3.05) is 18.0 Å². The number of hydrogen-bond donors (Lipinski definition) is 0. The van der Waals surface area contributed by atoms with Gasteiger partial charge in [0.15, 0.2) is 0 Å². The molecular weight excluding hydrogens is 312 g/mol. The summed E-state index contributed by atoms with van der Waals surface area (Å²) in [6.45, 7) is 2.62. The minimum atomic E-state index is 0.0113. The van der Waals surface area contributed by atoms with Crippen molar-refractivity contribution in [1.82, 2.24) is 14.8 Å². The van der Waals surface area contributed by atoms with Gasteiger partial charge in [-0.3, -0.25) is 9.78 Å². The molecule has 2 aliphatic rings. The number of fused-ring (bicyclic) bond motifs is 1. The molecule has 0 bridgehead atoms. The predicted molar refractivity (Wildman–Crippen MR) is 97.9 cm³/mol. The third-order valence-corrected chi connectivity index (χ3v) is 5.24. The highest BCUT2D eigenvalue weighted by Gasteiger charge is 2.30. The predicted octanol–water partition coefficient (Wildman–Crippen LogP) is 2.81. The van der Waals surface area contributed by atoms with Crippen LogP contribution in [0.1, 0.15) is 24.5 Å². The van der Waals surface area contributed by atoms with Gasteiger partial charge in [0.2, 0.25) is 0 Å². The third-order valence-electron chi connectivity index (χ3n) is 5.24. The Labute approximate surface area is 145 Å². The van der Waals surface area contributed by atoms with Gasteiger partial charge in [-0.15, -0.1) is 0 Å². The van der Waals surface area contributed by atoms with Crippen LogP contribution in [0.15, 0.2) is 53.5 Å². The van der Waals surface area contributed by atoms with Crippen molar-refractivity contribution in [3.8, 4) is 0 Å². The van der Waals surface area contributed by atoms with Gasteiger partial charge in [0.25, 0.3) is 5.56 Å². The van der Waals surface area contributed by atoms with E-state index < -0.39 is 0 Å². The Morgan fingerprint density at radius 3 is 2.72 bits per heavy atom. The van der Waals surface area contributed by atoms with Crippen LogP contribution in [0.25, 0.3) is 10.9 Å². The van der Waals surface area contributed by atoms with E-state index in [1.165, 1.54) is 23.9 Å². The van der Waals surface area contributed by atoms with E-state index in [4.69, 9.17) is 0 Å². The summed E-state index contributed by atoms with van der Waals surface area (Å²) < 4.78 is 1.67. The van der Waals surface area contributed by atoms with E-state index in [2.05, 4.69) is 33.2 Å². The first-order chi connectivity index (χ1) is 12.3. The van der Waals surface area contributed by atoms with Gasteiger partial charge in [-0.1, -0.05) is 18.2 Å². The van der Waals surface area contributed by atoms with E-state index in [0.29, 0.717) is 18.4 Å². The fourth-order valence-electron chi connectivity index (χ4n) is 3.68. The number of para-hydroxylation sites is 1. The largest absolute Gasteiger partial charge is 0.370 e. The van der Waals surface area contributed by atoms with Crippen molar-refractivity contribution in [3.63, 3.8) is 0 Å². The number of nitrogens with zero attached hydrogens (tertiary/aromatic N) is 4. The zero-order valence-electron chi connectivity index (χ0n) is 14.0. The molecule has 126 valence electrons. The van der Waals surface area contributed by atoms with Crippen molar-refractivity contribution in [2.24, 2.45) is 5.92 Å². The average Bonchev–Trinajstić information content (AvgIpc) is 3.44. The monoisotopic (exact) mass is 332 g/mol. The fraction of sp³-hybridized carbons (Fsp3) is 0.350. The molecule has 1 aromatic carbocycles. The molecule has 5 rings (SSSR count). The Morgan fingerprint density at radius 2 is 1.88 bits per heavy atom. The van der Waals surface area contributed by atoms with Crippen LogP contribution in [0.5, 0.6) is 0 Å². The highest BCUT2D eigenvalue weighted by atomic mass is 16.1. The Morgan fingerprint density at radius 1 is 1.04 bits per heavy atom. The van der Waals surface area contributed by atoms with Crippen molar-refractivity contribution in [1.29, 1.82) is 0 Å². The lowest BCUT2D eigenvalue weighted by Gasteiger charge is -2.41. The third kappa shape index (κ3) is 2.69. The van der Waals surface area contributed by atoms with Gasteiger partial charge in [-0.25, -0.2) is 4.68 Å². The molecule has 0 amide bonds. The molecule has 3 heterocycles. The first-order valence-corrected chi connectivity index (χ1v) is 8.95. The summed E-state index contributed by atoms with van der Waals surface area (Å²) in [5, 5.41) is 5.77. The van der Waals surface area contributed by atoms with Crippen LogP contribution >= 0.6 is 0 Å². The molecule has 5 heteroatoms. The van der Waals surface area contributed by atoms with Crippen molar-refractivity contribution in [2.45, 2.75) is 25.3 Å². The fourth-order valence-corrected chi connectivity index (χ4v) is 3.68. The first kappa shape index (κ1) is 14.6. The van der Waals surface area contributed by atoms with E-state index in [1.54, 1.807) is 10.7 Å². The molecule has 3 aromatic rings. The molecule has 2 fully saturated rings. The summed E-state index contributed by atoms with van der Waals surface area (Å²) in [6, 6.07) is 13.9.